The first-order chi connectivity index (χ1) is 6.86. The van der Waals surface area contributed by atoms with Crippen LogP contribution in [0.1, 0.15) is 47.5 Å². The maximum absolute atomic E-state index is 5.85. The smallest absolute Gasteiger partial charge is 0.103 e. The predicted molar refractivity (Wildman–Crippen MR) is 64.9 cm³/mol. The number of ether oxygens (including phenoxy) is 1. The quantitative estimate of drug-likeness (QED) is 0.654. The monoisotopic (exact) mass is 214 g/mol. The minimum Gasteiger partial charge on any atom is -0.370 e. The number of hydrogen-bond donors (Lipinski definition) is 0. The SMILES string of the molecule is CC(C)[N+]1(CCOC(C)(C)C)CCCC1. The first kappa shape index (κ1) is 13.0. The number of rotatable bonds is 4. The van der Waals surface area contributed by atoms with Gasteiger partial charge in [-0.25, -0.2) is 0 Å². The van der Waals surface area contributed by atoms with Crippen LogP contribution in [0.3, 0.4) is 0 Å². The molecule has 90 valence electrons. The zero-order chi connectivity index (χ0) is 11.5. The summed E-state index contributed by atoms with van der Waals surface area (Å²) < 4.78 is 7.12. The van der Waals surface area contributed by atoms with E-state index in [-0.39, 0.29) is 5.60 Å². The van der Waals surface area contributed by atoms with Crippen molar-refractivity contribution in [3.63, 3.8) is 0 Å². The summed E-state index contributed by atoms with van der Waals surface area (Å²) in [4.78, 5) is 0. The summed E-state index contributed by atoms with van der Waals surface area (Å²) in [6, 6.07) is 0.746. The molecule has 0 bridgehead atoms. The van der Waals surface area contributed by atoms with Gasteiger partial charge in [-0.15, -0.1) is 0 Å². The fraction of sp³-hybridized carbons (Fsp3) is 1.00. The number of nitrogens with zero attached hydrogens (tertiary/aromatic N) is 1. The van der Waals surface area contributed by atoms with E-state index in [2.05, 4.69) is 34.6 Å². The van der Waals surface area contributed by atoms with Crippen LogP contribution in [0.2, 0.25) is 0 Å². The summed E-state index contributed by atoms with van der Waals surface area (Å²) in [5.41, 5.74) is 0.0146. The van der Waals surface area contributed by atoms with E-state index in [4.69, 9.17) is 4.74 Å². The Morgan fingerprint density at radius 2 is 1.67 bits per heavy atom. The Bertz CT molecular complexity index is 187. The molecule has 15 heavy (non-hydrogen) atoms. The molecular weight excluding hydrogens is 186 g/mol. The highest BCUT2D eigenvalue weighted by molar-refractivity contribution is 4.61. The third kappa shape index (κ3) is 3.76. The van der Waals surface area contributed by atoms with Crippen molar-refractivity contribution in [1.82, 2.24) is 0 Å². The second kappa shape index (κ2) is 4.84. The van der Waals surface area contributed by atoms with E-state index >= 15 is 0 Å². The van der Waals surface area contributed by atoms with Crippen LogP contribution in [0.4, 0.5) is 0 Å². The van der Waals surface area contributed by atoms with Crippen molar-refractivity contribution in [1.29, 1.82) is 0 Å². The summed E-state index contributed by atoms with van der Waals surface area (Å²) in [5.74, 6) is 0. The van der Waals surface area contributed by atoms with Crippen LogP contribution in [-0.4, -0.2) is 42.4 Å². The lowest BCUT2D eigenvalue weighted by Crippen LogP contribution is -2.53. The van der Waals surface area contributed by atoms with Crippen LogP contribution in [-0.2, 0) is 4.74 Å². The van der Waals surface area contributed by atoms with Gasteiger partial charge in [0.05, 0.1) is 31.3 Å². The third-order valence-corrected chi connectivity index (χ3v) is 3.62. The van der Waals surface area contributed by atoms with Gasteiger partial charge >= 0.3 is 0 Å². The lowest BCUT2D eigenvalue weighted by Gasteiger charge is -2.39. The molecule has 0 aromatic heterocycles. The normalized spacial score (nSPS) is 21.2. The Morgan fingerprint density at radius 3 is 2.07 bits per heavy atom. The van der Waals surface area contributed by atoms with Crippen molar-refractivity contribution >= 4 is 0 Å². The summed E-state index contributed by atoms with van der Waals surface area (Å²) >= 11 is 0. The minimum absolute atomic E-state index is 0.0146. The zero-order valence-corrected chi connectivity index (χ0v) is 11.2. The van der Waals surface area contributed by atoms with E-state index in [0.717, 1.165) is 12.6 Å². The third-order valence-electron chi connectivity index (χ3n) is 3.62. The van der Waals surface area contributed by atoms with Gasteiger partial charge in [0.25, 0.3) is 0 Å². The highest BCUT2D eigenvalue weighted by Gasteiger charge is 2.34. The molecule has 1 fully saturated rings. The molecule has 1 heterocycles. The Labute approximate surface area is 95.2 Å². The Kier molecular flexibility index (Phi) is 4.19. The average molecular weight is 214 g/mol. The van der Waals surface area contributed by atoms with Crippen LogP contribution in [0.15, 0.2) is 0 Å². The lowest BCUT2D eigenvalue weighted by molar-refractivity contribution is -0.937. The minimum atomic E-state index is 0.0146. The van der Waals surface area contributed by atoms with Crippen LogP contribution in [0.5, 0.6) is 0 Å². The van der Waals surface area contributed by atoms with Crippen molar-refractivity contribution in [2.45, 2.75) is 59.1 Å². The number of likely N-dealkylation sites (tertiary alicyclic amines) is 1. The molecule has 1 rings (SSSR count). The first-order valence-electron chi connectivity index (χ1n) is 6.35. The molecule has 0 radical (unpaired) electrons. The van der Waals surface area contributed by atoms with Crippen molar-refractivity contribution in [3.05, 3.63) is 0 Å². The topological polar surface area (TPSA) is 9.23 Å². The van der Waals surface area contributed by atoms with Crippen LogP contribution < -0.4 is 0 Å². The molecule has 2 heteroatoms. The van der Waals surface area contributed by atoms with Gasteiger partial charge in [-0.1, -0.05) is 0 Å². The van der Waals surface area contributed by atoms with E-state index in [9.17, 15) is 0 Å². The molecule has 0 atom stereocenters. The molecule has 1 aliphatic heterocycles. The molecule has 0 aliphatic carbocycles. The first-order valence-corrected chi connectivity index (χ1v) is 6.35. The molecule has 1 saturated heterocycles. The summed E-state index contributed by atoms with van der Waals surface area (Å²) in [5, 5.41) is 0. The molecule has 0 N–H and O–H groups in total. The van der Waals surface area contributed by atoms with Gasteiger partial charge in [0.2, 0.25) is 0 Å². The summed E-state index contributed by atoms with van der Waals surface area (Å²) in [6.07, 6.45) is 2.79. The number of quaternary nitrogens is 1. The van der Waals surface area contributed by atoms with E-state index in [1.54, 1.807) is 0 Å². The van der Waals surface area contributed by atoms with Crippen molar-refractivity contribution < 1.29 is 9.22 Å². The largest absolute Gasteiger partial charge is 0.370 e. The van der Waals surface area contributed by atoms with Gasteiger partial charge in [-0.2, -0.15) is 0 Å². The molecule has 0 saturated carbocycles. The standard InChI is InChI=1S/C13H28NO/c1-12(2)14(8-6-7-9-14)10-11-15-13(3,4)5/h12H,6-11H2,1-5H3/q+1. The Hall–Kier alpha value is -0.0800. The van der Waals surface area contributed by atoms with Crippen molar-refractivity contribution in [3.8, 4) is 0 Å². The van der Waals surface area contributed by atoms with Crippen LogP contribution in [0, 0.1) is 0 Å². The highest BCUT2D eigenvalue weighted by atomic mass is 16.5. The van der Waals surface area contributed by atoms with Gasteiger partial charge in [-0.05, 0) is 34.6 Å². The number of hydrogen-bond acceptors (Lipinski definition) is 1. The molecule has 0 aromatic rings. The molecule has 0 amide bonds. The molecule has 2 nitrogen and oxygen atoms in total. The van der Waals surface area contributed by atoms with Crippen molar-refractivity contribution in [2.24, 2.45) is 0 Å². The van der Waals surface area contributed by atoms with Gasteiger partial charge in [0, 0.05) is 12.8 Å². The van der Waals surface area contributed by atoms with Gasteiger partial charge < -0.3 is 9.22 Å². The molecule has 0 unspecified atom stereocenters. The molecule has 0 spiro atoms. The Morgan fingerprint density at radius 1 is 1.13 bits per heavy atom. The van der Waals surface area contributed by atoms with E-state index < -0.39 is 0 Å². The predicted octanol–water partition coefficient (Wildman–Crippen LogP) is 2.82. The molecule has 0 aromatic carbocycles. The molecular formula is C13H28NO+. The summed E-state index contributed by atoms with van der Waals surface area (Å²) in [7, 11) is 0. The van der Waals surface area contributed by atoms with Crippen LogP contribution in [0.25, 0.3) is 0 Å². The fourth-order valence-electron chi connectivity index (χ4n) is 2.50. The maximum atomic E-state index is 5.85. The average Bonchev–Trinajstić information content (AvgIpc) is 2.51. The van der Waals surface area contributed by atoms with Crippen molar-refractivity contribution in [2.75, 3.05) is 26.2 Å². The molecule has 1 aliphatic rings. The second-order valence-corrected chi connectivity index (χ2v) is 6.15. The zero-order valence-electron chi connectivity index (χ0n) is 11.2. The van der Waals surface area contributed by atoms with Crippen LogP contribution >= 0.6 is 0 Å². The van der Waals surface area contributed by atoms with Gasteiger partial charge in [-0.3, -0.25) is 0 Å². The second-order valence-electron chi connectivity index (χ2n) is 6.15. The van der Waals surface area contributed by atoms with E-state index in [0.29, 0.717) is 0 Å². The van der Waals surface area contributed by atoms with E-state index in [1.165, 1.54) is 37.0 Å². The lowest BCUT2D eigenvalue weighted by atomic mass is 10.2. The summed E-state index contributed by atoms with van der Waals surface area (Å²) in [6.45, 7) is 15.9. The maximum Gasteiger partial charge on any atom is 0.103 e. The fourth-order valence-corrected chi connectivity index (χ4v) is 2.50. The Balaban J connectivity index is 2.40. The van der Waals surface area contributed by atoms with Gasteiger partial charge in [0.15, 0.2) is 0 Å². The van der Waals surface area contributed by atoms with E-state index in [1.807, 2.05) is 0 Å². The highest BCUT2D eigenvalue weighted by Crippen LogP contribution is 2.23. The van der Waals surface area contributed by atoms with Gasteiger partial charge in [0.1, 0.15) is 6.54 Å².